The molecule has 1 amide bonds. The van der Waals surface area contributed by atoms with Crippen LogP contribution >= 0.6 is 0 Å². The van der Waals surface area contributed by atoms with E-state index >= 15 is 0 Å². The minimum Gasteiger partial charge on any atom is -0.493 e. The van der Waals surface area contributed by atoms with Crippen LogP contribution in [0.5, 0.6) is 5.75 Å². The number of rotatable bonds is 4. The summed E-state index contributed by atoms with van der Waals surface area (Å²) >= 11 is 0. The predicted octanol–water partition coefficient (Wildman–Crippen LogP) is 3.13. The van der Waals surface area contributed by atoms with Gasteiger partial charge in [0.25, 0.3) is 0 Å². The molecule has 6 heteroatoms. The highest BCUT2D eigenvalue weighted by atomic mass is 16.6. The lowest BCUT2D eigenvalue weighted by Gasteiger charge is -2.20. The van der Waals surface area contributed by atoms with E-state index in [1.165, 1.54) is 12.1 Å². The van der Waals surface area contributed by atoms with Crippen molar-refractivity contribution >= 4 is 17.7 Å². The average molecular weight is 281 g/mol. The Labute approximate surface area is 117 Å². The quantitative estimate of drug-likeness (QED) is 0.885. The fourth-order valence-corrected chi connectivity index (χ4v) is 1.48. The Morgan fingerprint density at radius 3 is 2.45 bits per heavy atom. The van der Waals surface area contributed by atoms with Gasteiger partial charge in [-0.15, -0.1) is 0 Å². The van der Waals surface area contributed by atoms with Gasteiger partial charge in [0.1, 0.15) is 16.9 Å². The molecule has 2 N–H and O–H groups in total. The molecule has 0 heterocycles. The topological polar surface area (TPSA) is 84.9 Å². The molecule has 1 rings (SSSR count). The van der Waals surface area contributed by atoms with Gasteiger partial charge in [-0.2, -0.15) is 0 Å². The third-order valence-corrected chi connectivity index (χ3v) is 2.16. The molecule has 20 heavy (non-hydrogen) atoms. The normalized spacial score (nSPS) is 10.8. The minimum atomic E-state index is -1.12. The molecule has 0 atom stereocenters. The van der Waals surface area contributed by atoms with Gasteiger partial charge in [0.15, 0.2) is 0 Å². The zero-order chi connectivity index (χ0) is 15.3. The standard InChI is InChI=1S/C14H19NO5/c1-5-19-11-7-6-9(8-10(11)12(16)17)15-13(18)20-14(2,3)4/h6-8H,5H2,1-4H3,(H,15,18)(H,16,17). The Morgan fingerprint density at radius 2 is 1.95 bits per heavy atom. The van der Waals surface area contributed by atoms with E-state index < -0.39 is 17.7 Å². The fraction of sp³-hybridized carbons (Fsp3) is 0.429. The number of anilines is 1. The number of carboxylic acid groups (broad SMARTS) is 1. The van der Waals surface area contributed by atoms with Gasteiger partial charge in [0.2, 0.25) is 0 Å². The van der Waals surface area contributed by atoms with Crippen LogP contribution in [0.3, 0.4) is 0 Å². The van der Waals surface area contributed by atoms with Crippen molar-refractivity contribution in [2.24, 2.45) is 0 Å². The van der Waals surface area contributed by atoms with E-state index in [4.69, 9.17) is 14.6 Å². The van der Waals surface area contributed by atoms with Crippen molar-refractivity contribution in [1.82, 2.24) is 0 Å². The number of nitrogens with one attached hydrogen (secondary N) is 1. The predicted molar refractivity (Wildman–Crippen MR) is 74.4 cm³/mol. The van der Waals surface area contributed by atoms with Crippen LogP contribution in [0.2, 0.25) is 0 Å². The van der Waals surface area contributed by atoms with E-state index in [0.717, 1.165) is 0 Å². The summed E-state index contributed by atoms with van der Waals surface area (Å²) in [7, 11) is 0. The second kappa shape index (κ2) is 6.27. The summed E-state index contributed by atoms with van der Waals surface area (Å²) in [5.74, 6) is -0.865. The van der Waals surface area contributed by atoms with Crippen molar-refractivity contribution in [3.63, 3.8) is 0 Å². The number of hydrogen-bond donors (Lipinski definition) is 2. The molecule has 0 spiro atoms. The zero-order valence-corrected chi connectivity index (χ0v) is 12.0. The monoisotopic (exact) mass is 281 g/mol. The Balaban J connectivity index is 2.90. The Bertz CT molecular complexity index is 505. The molecule has 0 aliphatic carbocycles. The van der Waals surface area contributed by atoms with Gasteiger partial charge in [0.05, 0.1) is 6.61 Å². The number of hydrogen-bond acceptors (Lipinski definition) is 4. The van der Waals surface area contributed by atoms with E-state index in [9.17, 15) is 9.59 Å². The first kappa shape index (κ1) is 15.8. The second-order valence-corrected chi connectivity index (χ2v) is 5.08. The molecule has 0 unspecified atom stereocenters. The highest BCUT2D eigenvalue weighted by Crippen LogP contribution is 2.23. The maximum atomic E-state index is 11.6. The third-order valence-electron chi connectivity index (χ3n) is 2.16. The molecule has 1 aromatic carbocycles. The summed E-state index contributed by atoms with van der Waals surface area (Å²) in [4.78, 5) is 22.7. The molecule has 110 valence electrons. The van der Waals surface area contributed by atoms with Gasteiger partial charge in [-0.05, 0) is 45.9 Å². The maximum Gasteiger partial charge on any atom is 0.412 e. The first-order chi connectivity index (χ1) is 9.23. The number of carboxylic acids is 1. The lowest BCUT2D eigenvalue weighted by Crippen LogP contribution is -2.27. The summed E-state index contributed by atoms with van der Waals surface area (Å²) in [5, 5.41) is 11.6. The SMILES string of the molecule is CCOc1ccc(NC(=O)OC(C)(C)C)cc1C(=O)O. The van der Waals surface area contributed by atoms with Crippen LogP contribution in [0, 0.1) is 0 Å². The van der Waals surface area contributed by atoms with E-state index in [0.29, 0.717) is 12.3 Å². The highest BCUT2D eigenvalue weighted by Gasteiger charge is 2.18. The summed E-state index contributed by atoms with van der Waals surface area (Å²) in [5.41, 5.74) is -0.300. The Kier molecular flexibility index (Phi) is 4.96. The van der Waals surface area contributed by atoms with Crippen LogP contribution in [0.25, 0.3) is 0 Å². The molecule has 6 nitrogen and oxygen atoms in total. The van der Waals surface area contributed by atoms with Crippen LogP contribution in [0.1, 0.15) is 38.1 Å². The van der Waals surface area contributed by atoms with Gasteiger partial charge >= 0.3 is 12.1 Å². The van der Waals surface area contributed by atoms with E-state index in [-0.39, 0.29) is 11.3 Å². The number of amides is 1. The first-order valence-electron chi connectivity index (χ1n) is 6.23. The van der Waals surface area contributed by atoms with Crippen molar-refractivity contribution in [3.05, 3.63) is 23.8 Å². The zero-order valence-electron chi connectivity index (χ0n) is 12.0. The lowest BCUT2D eigenvalue weighted by molar-refractivity contribution is 0.0632. The second-order valence-electron chi connectivity index (χ2n) is 5.08. The van der Waals surface area contributed by atoms with Crippen LogP contribution in [0.4, 0.5) is 10.5 Å². The largest absolute Gasteiger partial charge is 0.493 e. The Morgan fingerprint density at radius 1 is 1.30 bits per heavy atom. The maximum absolute atomic E-state index is 11.6. The number of aromatic carboxylic acids is 1. The molecule has 0 aliphatic rings. The number of ether oxygens (including phenoxy) is 2. The number of carbonyl (C=O) groups excluding carboxylic acids is 1. The molecule has 0 radical (unpaired) electrons. The van der Waals surface area contributed by atoms with Gasteiger partial charge in [-0.25, -0.2) is 9.59 Å². The molecule has 0 fully saturated rings. The van der Waals surface area contributed by atoms with Crippen LogP contribution in [-0.4, -0.2) is 29.4 Å². The van der Waals surface area contributed by atoms with Gasteiger partial charge in [-0.1, -0.05) is 0 Å². The van der Waals surface area contributed by atoms with Gasteiger partial charge in [0, 0.05) is 5.69 Å². The van der Waals surface area contributed by atoms with Crippen LogP contribution in [-0.2, 0) is 4.74 Å². The summed E-state index contributed by atoms with van der Waals surface area (Å²) < 4.78 is 10.3. The van der Waals surface area contributed by atoms with Crippen molar-refractivity contribution in [3.8, 4) is 5.75 Å². The summed E-state index contributed by atoms with van der Waals surface area (Å²) in [6, 6.07) is 4.39. The van der Waals surface area contributed by atoms with E-state index in [2.05, 4.69) is 5.32 Å². The Hall–Kier alpha value is -2.24. The third kappa shape index (κ3) is 4.79. The van der Waals surface area contributed by atoms with Crippen molar-refractivity contribution in [1.29, 1.82) is 0 Å². The smallest absolute Gasteiger partial charge is 0.412 e. The number of benzene rings is 1. The molecule has 0 saturated carbocycles. The molecule has 0 bridgehead atoms. The summed E-state index contributed by atoms with van der Waals surface area (Å²) in [6.07, 6.45) is -0.641. The molecule has 0 aromatic heterocycles. The highest BCUT2D eigenvalue weighted by molar-refractivity contribution is 5.94. The molecular weight excluding hydrogens is 262 g/mol. The fourth-order valence-electron chi connectivity index (χ4n) is 1.48. The molecule has 1 aromatic rings. The van der Waals surface area contributed by atoms with Gasteiger partial charge < -0.3 is 14.6 Å². The van der Waals surface area contributed by atoms with Crippen LogP contribution in [0.15, 0.2) is 18.2 Å². The average Bonchev–Trinajstić information content (AvgIpc) is 2.28. The van der Waals surface area contributed by atoms with Gasteiger partial charge in [-0.3, -0.25) is 5.32 Å². The van der Waals surface area contributed by atoms with Crippen LogP contribution < -0.4 is 10.1 Å². The minimum absolute atomic E-state index is 0.0135. The molecular formula is C14H19NO5. The number of carbonyl (C=O) groups is 2. The first-order valence-corrected chi connectivity index (χ1v) is 6.23. The molecule has 0 aliphatic heterocycles. The van der Waals surface area contributed by atoms with Crippen molar-refractivity contribution in [2.75, 3.05) is 11.9 Å². The van der Waals surface area contributed by atoms with Crippen molar-refractivity contribution < 1.29 is 24.2 Å². The molecule has 0 saturated heterocycles. The van der Waals surface area contributed by atoms with E-state index in [1.807, 2.05) is 0 Å². The van der Waals surface area contributed by atoms with Crippen molar-refractivity contribution in [2.45, 2.75) is 33.3 Å². The van der Waals surface area contributed by atoms with E-state index in [1.54, 1.807) is 33.8 Å². The lowest BCUT2D eigenvalue weighted by atomic mass is 10.1. The summed E-state index contributed by atoms with van der Waals surface area (Å²) in [6.45, 7) is 7.35.